The zero-order valence-electron chi connectivity index (χ0n) is 12.7. The van der Waals surface area contributed by atoms with Crippen molar-refractivity contribution in [1.82, 2.24) is 0 Å². The van der Waals surface area contributed by atoms with Crippen molar-refractivity contribution in [3.8, 4) is 0 Å². The fraction of sp³-hybridized carbons (Fsp3) is 0.412. The highest BCUT2D eigenvalue weighted by Gasteiger charge is 2.56. The lowest BCUT2D eigenvalue weighted by Crippen LogP contribution is -2.39. The van der Waals surface area contributed by atoms with Crippen LogP contribution in [0.3, 0.4) is 0 Å². The Morgan fingerprint density at radius 2 is 1.77 bits per heavy atom. The summed E-state index contributed by atoms with van der Waals surface area (Å²) in [5.74, 6) is -1.70. The maximum absolute atomic E-state index is 12.1. The van der Waals surface area contributed by atoms with Crippen molar-refractivity contribution in [2.45, 2.75) is 18.9 Å². The number of carbonyl (C=O) groups excluding carboxylic acids is 2. The van der Waals surface area contributed by atoms with Gasteiger partial charge in [0.1, 0.15) is 0 Å². The minimum absolute atomic E-state index is 0.126. The van der Waals surface area contributed by atoms with Gasteiger partial charge >= 0.3 is 11.9 Å². The molecule has 1 aromatic carbocycles. The summed E-state index contributed by atoms with van der Waals surface area (Å²) in [6.45, 7) is 3.94. The third kappa shape index (κ3) is 2.64. The van der Waals surface area contributed by atoms with Crippen LogP contribution in [0.2, 0.25) is 0 Å². The normalized spacial score (nSPS) is 21.2. The molecule has 1 aliphatic rings. The van der Waals surface area contributed by atoms with E-state index in [1.54, 1.807) is 12.1 Å². The van der Waals surface area contributed by atoms with Gasteiger partial charge in [-0.15, -0.1) is 0 Å². The van der Waals surface area contributed by atoms with E-state index in [2.05, 4.69) is 6.58 Å². The van der Waals surface area contributed by atoms with Crippen LogP contribution in [-0.4, -0.2) is 31.3 Å². The van der Waals surface area contributed by atoms with Gasteiger partial charge in [-0.25, -0.2) is 0 Å². The van der Waals surface area contributed by atoms with E-state index in [0.29, 0.717) is 5.57 Å². The van der Waals surface area contributed by atoms with Crippen molar-refractivity contribution in [2.24, 2.45) is 11.3 Å². The molecule has 1 N–H and O–H groups in total. The summed E-state index contributed by atoms with van der Waals surface area (Å²) in [4.78, 5) is 24.3. The van der Waals surface area contributed by atoms with E-state index in [0.717, 1.165) is 5.56 Å². The third-order valence-corrected chi connectivity index (χ3v) is 4.30. The van der Waals surface area contributed by atoms with E-state index < -0.39 is 29.4 Å². The Balaban J connectivity index is 2.32. The van der Waals surface area contributed by atoms with Crippen molar-refractivity contribution in [2.75, 3.05) is 14.2 Å². The molecular weight excluding hydrogens is 284 g/mol. The molecule has 1 aromatic rings. The second-order valence-corrected chi connectivity index (χ2v) is 5.57. The van der Waals surface area contributed by atoms with Crippen molar-refractivity contribution in [3.63, 3.8) is 0 Å². The Hall–Kier alpha value is -2.14. The van der Waals surface area contributed by atoms with Crippen LogP contribution in [0.4, 0.5) is 0 Å². The maximum Gasteiger partial charge on any atom is 0.323 e. The molecule has 0 amide bonds. The summed E-state index contributed by atoms with van der Waals surface area (Å²) in [7, 11) is 2.47. The molecule has 0 bridgehead atoms. The zero-order chi connectivity index (χ0) is 16.3. The van der Waals surface area contributed by atoms with Gasteiger partial charge in [0.15, 0.2) is 5.41 Å². The van der Waals surface area contributed by atoms with Gasteiger partial charge in [0, 0.05) is 5.92 Å². The molecule has 0 radical (unpaired) electrons. The number of hydrogen-bond acceptors (Lipinski definition) is 5. The maximum atomic E-state index is 12.1. The average Bonchev–Trinajstić information content (AvgIpc) is 2.92. The molecule has 118 valence electrons. The van der Waals surface area contributed by atoms with Gasteiger partial charge in [-0.1, -0.05) is 42.5 Å². The first-order valence-corrected chi connectivity index (χ1v) is 7.04. The minimum Gasteiger partial charge on any atom is -0.468 e. The molecule has 0 aromatic heterocycles. The van der Waals surface area contributed by atoms with Crippen LogP contribution in [0.25, 0.3) is 0 Å². The van der Waals surface area contributed by atoms with E-state index in [1.165, 1.54) is 14.2 Å². The number of esters is 2. The van der Waals surface area contributed by atoms with Gasteiger partial charge in [0.05, 0.1) is 20.3 Å². The third-order valence-electron chi connectivity index (χ3n) is 4.30. The van der Waals surface area contributed by atoms with E-state index in [9.17, 15) is 14.7 Å². The van der Waals surface area contributed by atoms with Crippen molar-refractivity contribution in [1.29, 1.82) is 0 Å². The number of hydrogen-bond donors (Lipinski definition) is 1. The average molecular weight is 304 g/mol. The van der Waals surface area contributed by atoms with E-state index in [1.807, 2.05) is 18.2 Å². The predicted molar refractivity (Wildman–Crippen MR) is 79.7 cm³/mol. The fourth-order valence-corrected chi connectivity index (χ4v) is 3.11. The fourth-order valence-electron chi connectivity index (χ4n) is 3.11. The zero-order valence-corrected chi connectivity index (χ0v) is 12.7. The molecule has 2 rings (SSSR count). The number of carbonyl (C=O) groups is 2. The number of aliphatic hydroxyl groups excluding tert-OH is 1. The molecule has 22 heavy (non-hydrogen) atoms. The molecule has 1 fully saturated rings. The van der Waals surface area contributed by atoms with E-state index >= 15 is 0 Å². The standard InChI is InChI=1S/C17H20O5/c1-11-9-17(15(19)21-2,16(20)22-3)10-13(11)14(18)12-7-5-4-6-8-12/h4-8,13-14,18H,1,9-10H2,2-3H3/t13-,14-/m1/s1. The highest BCUT2D eigenvalue weighted by Crippen LogP contribution is 2.50. The molecule has 5 nitrogen and oxygen atoms in total. The van der Waals surface area contributed by atoms with Crippen LogP contribution in [0.15, 0.2) is 42.5 Å². The molecule has 0 saturated heterocycles. The Labute approximate surface area is 129 Å². The van der Waals surface area contributed by atoms with Crippen LogP contribution >= 0.6 is 0 Å². The number of aliphatic hydroxyl groups is 1. The summed E-state index contributed by atoms with van der Waals surface area (Å²) in [6.07, 6.45) is -0.577. The van der Waals surface area contributed by atoms with Gasteiger partial charge in [-0.2, -0.15) is 0 Å². The predicted octanol–water partition coefficient (Wildman–Crippen LogP) is 2.02. The first-order chi connectivity index (χ1) is 10.5. The van der Waals surface area contributed by atoms with Crippen molar-refractivity contribution < 1.29 is 24.2 Å². The van der Waals surface area contributed by atoms with Crippen LogP contribution in [0.5, 0.6) is 0 Å². The topological polar surface area (TPSA) is 72.8 Å². The molecular formula is C17H20O5. The molecule has 0 spiro atoms. The summed E-state index contributed by atoms with van der Waals surface area (Å²) in [6, 6.07) is 9.10. The quantitative estimate of drug-likeness (QED) is 0.523. The molecule has 0 heterocycles. The monoisotopic (exact) mass is 304 g/mol. The minimum atomic E-state index is -1.42. The number of benzene rings is 1. The Bertz CT molecular complexity index is 562. The van der Waals surface area contributed by atoms with Crippen molar-refractivity contribution >= 4 is 11.9 Å². The summed E-state index contributed by atoms with van der Waals surface area (Å²) < 4.78 is 9.56. The van der Waals surface area contributed by atoms with Crippen LogP contribution in [0, 0.1) is 11.3 Å². The molecule has 0 unspecified atom stereocenters. The molecule has 5 heteroatoms. The summed E-state index contributed by atoms with van der Waals surface area (Å²) in [5, 5.41) is 10.6. The largest absolute Gasteiger partial charge is 0.468 e. The summed E-state index contributed by atoms with van der Waals surface area (Å²) in [5.41, 5.74) is -0.0487. The van der Waals surface area contributed by atoms with Crippen LogP contribution in [0.1, 0.15) is 24.5 Å². The lowest BCUT2D eigenvalue weighted by molar-refractivity contribution is -0.169. The first-order valence-electron chi connectivity index (χ1n) is 7.04. The van der Waals surface area contributed by atoms with Crippen LogP contribution < -0.4 is 0 Å². The Kier molecular flexibility index (Phi) is 4.66. The molecule has 1 aliphatic carbocycles. The van der Waals surface area contributed by atoms with Crippen LogP contribution in [-0.2, 0) is 19.1 Å². The first kappa shape index (κ1) is 16.2. The number of rotatable bonds is 4. The van der Waals surface area contributed by atoms with E-state index in [-0.39, 0.29) is 12.8 Å². The highest BCUT2D eigenvalue weighted by molar-refractivity contribution is 6.01. The Morgan fingerprint density at radius 1 is 1.23 bits per heavy atom. The van der Waals surface area contributed by atoms with Gasteiger partial charge < -0.3 is 14.6 Å². The number of methoxy groups -OCH3 is 2. The Morgan fingerprint density at radius 3 is 2.27 bits per heavy atom. The van der Waals surface area contributed by atoms with E-state index in [4.69, 9.17) is 9.47 Å². The molecule has 2 atom stereocenters. The van der Waals surface area contributed by atoms with Gasteiger partial charge in [0.25, 0.3) is 0 Å². The van der Waals surface area contributed by atoms with Gasteiger partial charge in [-0.3, -0.25) is 9.59 Å². The number of ether oxygens (including phenoxy) is 2. The lowest BCUT2D eigenvalue weighted by Gasteiger charge is -2.24. The lowest BCUT2D eigenvalue weighted by atomic mass is 9.83. The second-order valence-electron chi connectivity index (χ2n) is 5.57. The van der Waals surface area contributed by atoms with Crippen molar-refractivity contribution in [3.05, 3.63) is 48.0 Å². The second kappa shape index (κ2) is 6.32. The smallest absolute Gasteiger partial charge is 0.323 e. The SMILES string of the molecule is C=C1CC(C(=O)OC)(C(=O)OC)C[C@H]1[C@H](O)c1ccccc1. The van der Waals surface area contributed by atoms with Gasteiger partial charge in [0.2, 0.25) is 0 Å². The highest BCUT2D eigenvalue weighted by atomic mass is 16.5. The molecule has 1 saturated carbocycles. The summed E-state index contributed by atoms with van der Waals surface area (Å²) >= 11 is 0. The van der Waals surface area contributed by atoms with Gasteiger partial charge in [-0.05, 0) is 18.4 Å². The molecule has 0 aliphatic heterocycles.